The van der Waals surface area contributed by atoms with Crippen molar-refractivity contribution in [3.63, 3.8) is 0 Å². The van der Waals surface area contributed by atoms with Crippen molar-refractivity contribution >= 4 is 34.2 Å². The monoisotopic (exact) mass is 320 g/mol. The second-order valence-electron chi connectivity index (χ2n) is 2.71. The third-order valence-corrected chi connectivity index (χ3v) is 2.58. The van der Waals surface area contributed by atoms with E-state index in [1.165, 1.54) is 0 Å². The topological polar surface area (TPSA) is 43.6 Å². The fraction of sp³-hybridized carbons (Fsp3) is 0.125. The second-order valence-corrected chi connectivity index (χ2v) is 4.36. The van der Waals surface area contributed by atoms with Crippen molar-refractivity contribution in [3.8, 4) is 5.95 Å². The summed E-state index contributed by atoms with van der Waals surface area (Å²) in [5.41, 5.74) is 0.772. The molecular weight excluding hydrogens is 314 g/mol. The Labute approximate surface area is 99.5 Å². The minimum atomic E-state index is 0.528. The average molecular weight is 321 g/mol. The Morgan fingerprint density at radius 2 is 2.00 bits per heavy atom. The molecule has 4 nitrogen and oxygen atoms in total. The smallest absolute Gasteiger partial charge is 0.219 e. The normalized spacial score (nSPS) is 10.5. The van der Waals surface area contributed by atoms with Crippen LogP contribution in [0.5, 0.6) is 0 Å². The molecule has 6 heteroatoms. The Morgan fingerprint density at radius 3 is 2.50 bits per heavy atom. The maximum atomic E-state index is 5.87. The van der Waals surface area contributed by atoms with Gasteiger partial charge in [0, 0.05) is 16.0 Å². The van der Waals surface area contributed by atoms with Gasteiger partial charge in [-0.1, -0.05) is 11.6 Å². The van der Waals surface area contributed by atoms with Crippen molar-refractivity contribution in [2.45, 2.75) is 6.92 Å². The van der Waals surface area contributed by atoms with Crippen LogP contribution < -0.4 is 0 Å². The van der Waals surface area contributed by atoms with Gasteiger partial charge in [0.25, 0.3) is 5.95 Å². The first kappa shape index (κ1) is 9.85. The lowest BCUT2D eigenvalue weighted by atomic mass is 10.5. The van der Waals surface area contributed by atoms with Gasteiger partial charge in [-0.25, -0.2) is 14.6 Å². The largest absolute Gasteiger partial charge is 0.250 e. The molecule has 0 atom stereocenters. The fourth-order valence-electron chi connectivity index (χ4n) is 0.965. The first-order valence-electron chi connectivity index (χ1n) is 3.86. The summed E-state index contributed by atoms with van der Waals surface area (Å²) in [6.07, 6.45) is 5.15. The van der Waals surface area contributed by atoms with Crippen molar-refractivity contribution in [1.82, 2.24) is 19.7 Å². The maximum absolute atomic E-state index is 5.87. The van der Waals surface area contributed by atoms with Crippen LogP contribution in [0.1, 0.15) is 5.69 Å². The Hall–Kier alpha value is -0.690. The Kier molecular flexibility index (Phi) is 2.69. The van der Waals surface area contributed by atoms with E-state index in [0.29, 0.717) is 11.0 Å². The Balaban J connectivity index is 2.44. The molecule has 2 aromatic heterocycles. The minimum absolute atomic E-state index is 0.528. The lowest BCUT2D eigenvalue weighted by molar-refractivity contribution is 0.795. The van der Waals surface area contributed by atoms with Crippen LogP contribution in [0.2, 0.25) is 5.02 Å². The van der Waals surface area contributed by atoms with E-state index in [9.17, 15) is 0 Å². The summed E-state index contributed by atoms with van der Waals surface area (Å²) in [4.78, 5) is 8.25. The molecule has 0 saturated carbocycles. The van der Waals surface area contributed by atoms with Gasteiger partial charge in [0.05, 0.1) is 16.9 Å². The molecule has 14 heavy (non-hydrogen) atoms. The third-order valence-electron chi connectivity index (χ3n) is 1.65. The zero-order valence-electron chi connectivity index (χ0n) is 7.28. The van der Waals surface area contributed by atoms with E-state index in [1.807, 2.05) is 6.92 Å². The molecule has 0 spiro atoms. The highest BCUT2D eigenvalue weighted by molar-refractivity contribution is 14.1. The summed E-state index contributed by atoms with van der Waals surface area (Å²) in [7, 11) is 0. The average Bonchev–Trinajstić information content (AvgIpc) is 2.48. The van der Waals surface area contributed by atoms with Crippen LogP contribution in [0.3, 0.4) is 0 Å². The van der Waals surface area contributed by atoms with Crippen molar-refractivity contribution in [2.75, 3.05) is 0 Å². The van der Waals surface area contributed by atoms with Crippen molar-refractivity contribution in [3.05, 3.63) is 32.9 Å². The van der Waals surface area contributed by atoms with Crippen LogP contribution in [0.25, 0.3) is 5.95 Å². The van der Waals surface area contributed by atoms with Gasteiger partial charge in [-0.15, -0.1) is 0 Å². The predicted molar refractivity (Wildman–Crippen MR) is 61.6 cm³/mol. The van der Waals surface area contributed by atoms with Crippen LogP contribution in [-0.4, -0.2) is 19.7 Å². The number of aromatic nitrogens is 4. The van der Waals surface area contributed by atoms with Crippen LogP contribution in [0.15, 0.2) is 18.6 Å². The van der Waals surface area contributed by atoms with Crippen molar-refractivity contribution in [2.24, 2.45) is 0 Å². The number of hydrogen-bond acceptors (Lipinski definition) is 3. The Morgan fingerprint density at radius 1 is 1.36 bits per heavy atom. The summed E-state index contributed by atoms with van der Waals surface area (Å²) in [6.45, 7) is 1.84. The second kappa shape index (κ2) is 3.82. The molecule has 2 heterocycles. The number of halogens is 2. The SMILES string of the molecule is Cc1nn(-c2ncc(I)cn2)cc1Cl. The summed E-state index contributed by atoms with van der Waals surface area (Å²) in [6, 6.07) is 0. The van der Waals surface area contributed by atoms with E-state index >= 15 is 0 Å². The highest BCUT2D eigenvalue weighted by Gasteiger charge is 2.05. The van der Waals surface area contributed by atoms with Gasteiger partial charge in [0.1, 0.15) is 0 Å². The van der Waals surface area contributed by atoms with Gasteiger partial charge in [-0.3, -0.25) is 0 Å². The van der Waals surface area contributed by atoms with Crippen LogP contribution >= 0.6 is 34.2 Å². The maximum Gasteiger partial charge on any atom is 0.250 e. The zero-order valence-corrected chi connectivity index (χ0v) is 10.2. The number of nitrogens with zero attached hydrogens (tertiary/aromatic N) is 4. The number of hydrogen-bond donors (Lipinski definition) is 0. The van der Waals surface area contributed by atoms with E-state index in [0.717, 1.165) is 9.26 Å². The molecule has 2 rings (SSSR count). The minimum Gasteiger partial charge on any atom is -0.219 e. The number of rotatable bonds is 1. The summed E-state index contributed by atoms with van der Waals surface area (Å²) in [5, 5.41) is 4.79. The fourth-order valence-corrected chi connectivity index (χ4v) is 1.37. The molecule has 0 aromatic carbocycles. The summed E-state index contributed by atoms with van der Waals surface area (Å²) in [5.74, 6) is 0.528. The first-order chi connectivity index (χ1) is 6.66. The first-order valence-corrected chi connectivity index (χ1v) is 5.32. The van der Waals surface area contributed by atoms with E-state index in [1.54, 1.807) is 23.3 Å². The molecular formula is C8H6ClIN4. The van der Waals surface area contributed by atoms with E-state index in [-0.39, 0.29) is 0 Å². The molecule has 0 unspecified atom stereocenters. The molecule has 0 saturated heterocycles. The molecule has 0 radical (unpaired) electrons. The summed E-state index contributed by atoms with van der Waals surface area (Å²) < 4.78 is 2.55. The molecule has 72 valence electrons. The van der Waals surface area contributed by atoms with Gasteiger partial charge in [-0.2, -0.15) is 5.10 Å². The molecule has 0 aliphatic carbocycles. The zero-order chi connectivity index (χ0) is 10.1. The van der Waals surface area contributed by atoms with Gasteiger partial charge >= 0.3 is 0 Å². The van der Waals surface area contributed by atoms with Gasteiger partial charge in [-0.05, 0) is 29.5 Å². The highest BCUT2D eigenvalue weighted by Crippen LogP contribution is 2.14. The molecule has 0 N–H and O–H groups in total. The molecule has 0 bridgehead atoms. The lowest BCUT2D eigenvalue weighted by Crippen LogP contribution is -2.01. The highest BCUT2D eigenvalue weighted by atomic mass is 127. The van der Waals surface area contributed by atoms with Gasteiger partial charge in [0.2, 0.25) is 0 Å². The lowest BCUT2D eigenvalue weighted by Gasteiger charge is -1.97. The summed E-state index contributed by atoms with van der Waals surface area (Å²) >= 11 is 8.02. The molecule has 0 aliphatic heterocycles. The van der Waals surface area contributed by atoms with Gasteiger partial charge in [0.15, 0.2) is 0 Å². The standard InChI is InChI=1S/C8H6ClIN4/c1-5-7(9)4-14(13-5)8-11-2-6(10)3-12-8/h2-4H,1H3. The third kappa shape index (κ3) is 1.88. The molecule has 0 fully saturated rings. The van der Waals surface area contributed by atoms with Crippen LogP contribution in [-0.2, 0) is 0 Å². The Bertz CT molecular complexity index is 431. The van der Waals surface area contributed by atoms with Crippen molar-refractivity contribution < 1.29 is 0 Å². The van der Waals surface area contributed by atoms with Crippen LogP contribution in [0, 0.1) is 10.5 Å². The predicted octanol–water partition coefficient (Wildman–Crippen LogP) is 2.23. The van der Waals surface area contributed by atoms with E-state index in [4.69, 9.17) is 11.6 Å². The number of aryl methyl sites for hydroxylation is 1. The van der Waals surface area contributed by atoms with Gasteiger partial charge < -0.3 is 0 Å². The van der Waals surface area contributed by atoms with E-state index in [2.05, 4.69) is 37.7 Å². The van der Waals surface area contributed by atoms with Crippen LogP contribution in [0.4, 0.5) is 0 Å². The molecule has 0 aliphatic rings. The van der Waals surface area contributed by atoms with Crippen molar-refractivity contribution in [1.29, 1.82) is 0 Å². The quantitative estimate of drug-likeness (QED) is 0.757. The molecule has 2 aromatic rings. The van der Waals surface area contributed by atoms with E-state index < -0.39 is 0 Å². The molecule has 0 amide bonds.